The van der Waals surface area contributed by atoms with Crippen LogP contribution < -0.4 is 10.1 Å². The van der Waals surface area contributed by atoms with Crippen LogP contribution in [0.5, 0.6) is 5.75 Å². The van der Waals surface area contributed by atoms with Gasteiger partial charge in [-0.25, -0.2) is 4.79 Å². The molecule has 3 rings (SSSR count). The molecule has 3 aromatic rings. The number of nitro groups is 1. The van der Waals surface area contributed by atoms with E-state index in [9.17, 15) is 20.0 Å². The number of hydrogen-bond donors (Lipinski definition) is 2. The number of nitro benzene ring substituents is 1. The number of non-ortho nitro benzene ring substituents is 1. The highest BCUT2D eigenvalue weighted by Gasteiger charge is 2.16. The predicted molar refractivity (Wildman–Crippen MR) is 93.8 cm³/mol. The molecule has 0 radical (unpaired) electrons. The number of nitrogens with zero attached hydrogens (tertiary/aromatic N) is 1. The number of carbonyl (C=O) groups is 1. The molecule has 126 valence electrons. The number of rotatable bonds is 5. The van der Waals surface area contributed by atoms with Crippen LogP contribution in [0, 0.1) is 10.1 Å². The van der Waals surface area contributed by atoms with Gasteiger partial charge >= 0.3 is 5.97 Å². The van der Waals surface area contributed by atoms with Crippen LogP contribution in [-0.2, 0) is 0 Å². The Morgan fingerprint density at radius 3 is 2.60 bits per heavy atom. The molecule has 0 aliphatic heterocycles. The predicted octanol–water partition coefficient (Wildman–Crippen LogP) is 4.20. The number of methoxy groups -OCH3 is 1. The number of hydrogen-bond acceptors (Lipinski definition) is 5. The molecule has 25 heavy (non-hydrogen) atoms. The van der Waals surface area contributed by atoms with Gasteiger partial charge in [0.1, 0.15) is 5.75 Å². The molecule has 0 fully saturated rings. The van der Waals surface area contributed by atoms with Crippen molar-refractivity contribution in [3.8, 4) is 5.75 Å². The van der Waals surface area contributed by atoms with E-state index in [1.165, 1.54) is 12.1 Å². The maximum Gasteiger partial charge on any atom is 0.338 e. The smallest absolute Gasteiger partial charge is 0.338 e. The molecule has 0 aliphatic carbocycles. The molecular formula is C18H14N2O5. The van der Waals surface area contributed by atoms with Gasteiger partial charge in [-0.3, -0.25) is 10.1 Å². The van der Waals surface area contributed by atoms with Crippen LogP contribution in [0.1, 0.15) is 10.4 Å². The molecule has 7 nitrogen and oxygen atoms in total. The Kier molecular flexibility index (Phi) is 4.21. The third-order valence-corrected chi connectivity index (χ3v) is 3.80. The summed E-state index contributed by atoms with van der Waals surface area (Å²) < 4.78 is 5.23. The van der Waals surface area contributed by atoms with Gasteiger partial charge in [0, 0.05) is 23.2 Å². The van der Waals surface area contributed by atoms with E-state index in [0.717, 1.165) is 16.8 Å². The number of aromatic carboxylic acids is 1. The number of anilines is 2. The highest BCUT2D eigenvalue weighted by molar-refractivity contribution is 6.00. The lowest BCUT2D eigenvalue weighted by Crippen LogP contribution is -2.04. The Labute approximate surface area is 142 Å². The van der Waals surface area contributed by atoms with Gasteiger partial charge in [0.2, 0.25) is 0 Å². The first-order valence-electron chi connectivity index (χ1n) is 7.35. The number of carboxylic acids is 1. The first kappa shape index (κ1) is 16.3. The van der Waals surface area contributed by atoms with Crippen LogP contribution in [0.2, 0.25) is 0 Å². The largest absolute Gasteiger partial charge is 0.497 e. The van der Waals surface area contributed by atoms with Gasteiger partial charge in [-0.1, -0.05) is 18.2 Å². The van der Waals surface area contributed by atoms with E-state index in [1.54, 1.807) is 13.2 Å². The summed E-state index contributed by atoms with van der Waals surface area (Å²) in [7, 11) is 1.57. The number of benzene rings is 3. The Balaban J connectivity index is 2.09. The summed E-state index contributed by atoms with van der Waals surface area (Å²) in [5.41, 5.74) is 0.498. The molecule has 0 amide bonds. The lowest BCUT2D eigenvalue weighted by molar-refractivity contribution is -0.384. The Bertz CT molecular complexity index is 984. The maximum absolute atomic E-state index is 11.5. The molecular weight excluding hydrogens is 324 g/mol. The minimum absolute atomic E-state index is 0.172. The minimum Gasteiger partial charge on any atom is -0.497 e. The van der Waals surface area contributed by atoms with Crippen molar-refractivity contribution in [1.29, 1.82) is 0 Å². The van der Waals surface area contributed by atoms with E-state index >= 15 is 0 Å². The summed E-state index contributed by atoms with van der Waals surface area (Å²) >= 11 is 0. The summed E-state index contributed by atoms with van der Waals surface area (Å²) in [6.07, 6.45) is 0. The lowest BCUT2D eigenvalue weighted by Gasteiger charge is -2.13. The summed E-state index contributed by atoms with van der Waals surface area (Å²) in [6.45, 7) is 0. The zero-order chi connectivity index (χ0) is 18.0. The second kappa shape index (κ2) is 6.48. The number of nitrogens with one attached hydrogen (secondary N) is 1. The molecule has 0 saturated heterocycles. The molecule has 0 atom stereocenters. The van der Waals surface area contributed by atoms with Gasteiger partial charge in [0.25, 0.3) is 5.69 Å². The zero-order valence-electron chi connectivity index (χ0n) is 13.2. The molecule has 0 bridgehead atoms. The van der Waals surface area contributed by atoms with E-state index in [2.05, 4.69) is 5.32 Å². The first-order valence-corrected chi connectivity index (χ1v) is 7.35. The molecule has 0 heterocycles. The van der Waals surface area contributed by atoms with E-state index in [4.69, 9.17) is 4.74 Å². The standard InChI is InChI=1S/C18H14N2O5/c1-25-13-7-5-11-3-2-4-16(14(11)10-13)19-17-8-6-12(20(23)24)9-15(17)18(21)22/h2-10,19H,1H3,(H,21,22). The van der Waals surface area contributed by atoms with Gasteiger partial charge in [-0.2, -0.15) is 0 Å². The third kappa shape index (κ3) is 3.20. The van der Waals surface area contributed by atoms with Crippen LogP contribution in [0.3, 0.4) is 0 Å². The van der Waals surface area contributed by atoms with E-state index in [0.29, 0.717) is 11.4 Å². The zero-order valence-corrected chi connectivity index (χ0v) is 13.2. The SMILES string of the molecule is COc1ccc2cccc(Nc3ccc([N+](=O)[O-])cc3C(=O)O)c2c1. The van der Waals surface area contributed by atoms with Gasteiger partial charge in [-0.05, 0) is 29.7 Å². The van der Waals surface area contributed by atoms with Crippen LogP contribution in [-0.4, -0.2) is 23.1 Å². The van der Waals surface area contributed by atoms with Crippen molar-refractivity contribution in [2.45, 2.75) is 0 Å². The normalized spacial score (nSPS) is 10.4. The average Bonchev–Trinajstić information content (AvgIpc) is 2.61. The molecule has 0 spiro atoms. The summed E-state index contributed by atoms with van der Waals surface area (Å²) in [5.74, 6) is -0.576. The van der Waals surface area contributed by atoms with Crippen LogP contribution in [0.25, 0.3) is 10.8 Å². The van der Waals surface area contributed by atoms with Gasteiger partial charge in [-0.15, -0.1) is 0 Å². The van der Waals surface area contributed by atoms with Crippen molar-refractivity contribution in [2.24, 2.45) is 0 Å². The lowest BCUT2D eigenvalue weighted by atomic mass is 10.1. The monoisotopic (exact) mass is 338 g/mol. The molecule has 0 saturated carbocycles. The second-order valence-corrected chi connectivity index (χ2v) is 5.31. The Hall–Kier alpha value is -3.61. The van der Waals surface area contributed by atoms with Gasteiger partial charge in [0.05, 0.1) is 23.3 Å². The van der Waals surface area contributed by atoms with Crippen molar-refractivity contribution < 1.29 is 19.6 Å². The van der Waals surface area contributed by atoms with Crippen LogP contribution in [0.15, 0.2) is 54.6 Å². The minimum atomic E-state index is -1.25. The topological polar surface area (TPSA) is 102 Å². The Morgan fingerprint density at radius 1 is 1.12 bits per heavy atom. The van der Waals surface area contributed by atoms with Crippen molar-refractivity contribution in [3.63, 3.8) is 0 Å². The highest BCUT2D eigenvalue weighted by atomic mass is 16.6. The van der Waals surface area contributed by atoms with Crippen molar-refractivity contribution in [2.75, 3.05) is 12.4 Å². The molecule has 0 aromatic heterocycles. The van der Waals surface area contributed by atoms with Crippen molar-refractivity contribution >= 4 is 33.8 Å². The fourth-order valence-electron chi connectivity index (χ4n) is 2.56. The maximum atomic E-state index is 11.5. The van der Waals surface area contributed by atoms with Gasteiger partial charge in [0.15, 0.2) is 0 Å². The summed E-state index contributed by atoms with van der Waals surface area (Å²) in [5, 5.41) is 25.1. The third-order valence-electron chi connectivity index (χ3n) is 3.80. The highest BCUT2D eigenvalue weighted by Crippen LogP contribution is 2.31. The van der Waals surface area contributed by atoms with Crippen molar-refractivity contribution in [3.05, 3.63) is 70.3 Å². The molecule has 2 N–H and O–H groups in total. The van der Waals surface area contributed by atoms with Crippen LogP contribution >= 0.6 is 0 Å². The number of ether oxygens (including phenoxy) is 1. The van der Waals surface area contributed by atoms with Crippen LogP contribution in [0.4, 0.5) is 17.1 Å². The number of fused-ring (bicyclic) bond motifs is 1. The van der Waals surface area contributed by atoms with E-state index in [1.807, 2.05) is 30.3 Å². The quantitative estimate of drug-likeness (QED) is 0.534. The summed E-state index contributed by atoms with van der Waals surface area (Å²) in [6, 6.07) is 14.8. The molecule has 7 heteroatoms. The Morgan fingerprint density at radius 2 is 1.92 bits per heavy atom. The van der Waals surface area contributed by atoms with Gasteiger partial charge < -0.3 is 15.2 Å². The summed E-state index contributed by atoms with van der Waals surface area (Å²) in [4.78, 5) is 21.7. The first-order chi connectivity index (χ1) is 12.0. The molecule has 0 unspecified atom stereocenters. The van der Waals surface area contributed by atoms with E-state index < -0.39 is 10.9 Å². The fourth-order valence-corrected chi connectivity index (χ4v) is 2.56. The van der Waals surface area contributed by atoms with Crippen molar-refractivity contribution in [1.82, 2.24) is 0 Å². The molecule has 3 aromatic carbocycles. The number of carboxylic acid groups (broad SMARTS) is 1. The second-order valence-electron chi connectivity index (χ2n) is 5.31. The molecule has 0 aliphatic rings. The van der Waals surface area contributed by atoms with E-state index in [-0.39, 0.29) is 16.9 Å². The fraction of sp³-hybridized carbons (Fsp3) is 0.0556. The average molecular weight is 338 g/mol.